The van der Waals surface area contributed by atoms with E-state index < -0.39 is 0 Å². The minimum absolute atomic E-state index is 0.146. The van der Waals surface area contributed by atoms with Crippen LogP contribution in [0.15, 0.2) is 40.6 Å². The molecule has 0 fully saturated rings. The van der Waals surface area contributed by atoms with E-state index in [9.17, 15) is 5.11 Å². The molecule has 1 N–H and O–H groups in total. The Bertz CT molecular complexity index is 419. The van der Waals surface area contributed by atoms with E-state index in [1.165, 1.54) is 5.56 Å². The second kappa shape index (κ2) is 6.42. The summed E-state index contributed by atoms with van der Waals surface area (Å²) in [5, 5.41) is 9.76. The first kappa shape index (κ1) is 15.3. The predicted octanol–water partition coefficient (Wildman–Crippen LogP) is 5.51. The Hall–Kier alpha value is -0.760. The third-order valence-electron chi connectivity index (χ3n) is 3.08. The van der Waals surface area contributed by atoms with Gasteiger partial charge in [0.1, 0.15) is 0 Å². The molecular formula is C16H23BrO. The van der Waals surface area contributed by atoms with Crippen LogP contribution < -0.4 is 0 Å². The summed E-state index contributed by atoms with van der Waals surface area (Å²) in [4.78, 5) is 0. The first-order chi connectivity index (χ1) is 8.32. The van der Waals surface area contributed by atoms with Gasteiger partial charge in [-0.2, -0.15) is 0 Å². The molecule has 1 nitrogen and oxygen atoms in total. The van der Waals surface area contributed by atoms with Crippen LogP contribution in [0, 0.1) is 11.3 Å². The molecule has 1 rings (SSSR count). The summed E-state index contributed by atoms with van der Waals surface area (Å²) in [6.07, 6.45) is 3.84. The van der Waals surface area contributed by atoms with Crippen molar-refractivity contribution in [2.75, 3.05) is 0 Å². The molecule has 0 atom stereocenters. The summed E-state index contributed by atoms with van der Waals surface area (Å²) in [5.74, 6) is 0.708. The number of hydrogen-bond donors (Lipinski definition) is 1. The first-order valence-corrected chi connectivity index (χ1v) is 7.23. The van der Waals surface area contributed by atoms with Crippen molar-refractivity contribution in [1.82, 2.24) is 0 Å². The van der Waals surface area contributed by atoms with Crippen molar-refractivity contribution in [3.63, 3.8) is 0 Å². The van der Waals surface area contributed by atoms with Gasteiger partial charge >= 0.3 is 0 Å². The van der Waals surface area contributed by atoms with Crippen molar-refractivity contribution in [2.24, 2.45) is 11.3 Å². The average molecular weight is 311 g/mol. The maximum absolute atomic E-state index is 9.76. The van der Waals surface area contributed by atoms with E-state index in [0.717, 1.165) is 17.3 Å². The van der Waals surface area contributed by atoms with Crippen LogP contribution in [-0.4, -0.2) is 5.11 Å². The summed E-state index contributed by atoms with van der Waals surface area (Å²) in [7, 11) is 0. The average Bonchev–Trinajstić information content (AvgIpc) is 2.29. The topological polar surface area (TPSA) is 20.2 Å². The first-order valence-electron chi connectivity index (χ1n) is 6.44. The molecule has 0 spiro atoms. The van der Waals surface area contributed by atoms with Gasteiger partial charge in [0.2, 0.25) is 0 Å². The van der Waals surface area contributed by atoms with Gasteiger partial charge in [-0.3, -0.25) is 0 Å². The molecule has 2 heteroatoms. The summed E-state index contributed by atoms with van der Waals surface area (Å²) in [6.45, 7) is 8.48. The highest BCUT2D eigenvalue weighted by Crippen LogP contribution is 2.30. The number of hydrogen-bond acceptors (Lipinski definition) is 1. The lowest BCUT2D eigenvalue weighted by atomic mass is 9.82. The molecule has 0 aliphatic carbocycles. The summed E-state index contributed by atoms with van der Waals surface area (Å²) in [6, 6.07) is 8.33. The zero-order chi connectivity index (χ0) is 13.8. The van der Waals surface area contributed by atoms with E-state index in [2.05, 4.69) is 48.0 Å². The van der Waals surface area contributed by atoms with Crippen LogP contribution in [0.4, 0.5) is 0 Å². The summed E-state index contributed by atoms with van der Waals surface area (Å²) in [5.41, 5.74) is 1.46. The van der Waals surface area contributed by atoms with Crippen LogP contribution in [0.3, 0.4) is 0 Å². The molecule has 18 heavy (non-hydrogen) atoms. The van der Waals surface area contributed by atoms with E-state index in [0.29, 0.717) is 5.76 Å². The quantitative estimate of drug-likeness (QED) is 0.711. The Morgan fingerprint density at radius 2 is 1.94 bits per heavy atom. The third-order valence-corrected chi connectivity index (χ3v) is 3.86. The largest absolute Gasteiger partial charge is 0.512 e. The highest BCUT2D eigenvalue weighted by Gasteiger charge is 2.19. The molecule has 0 saturated heterocycles. The van der Waals surface area contributed by atoms with Crippen molar-refractivity contribution in [3.8, 4) is 0 Å². The second-order valence-electron chi connectivity index (χ2n) is 5.92. The minimum atomic E-state index is 0.146. The molecule has 1 aromatic carbocycles. The zero-order valence-corrected chi connectivity index (χ0v) is 13.3. The van der Waals surface area contributed by atoms with Crippen LogP contribution >= 0.6 is 15.9 Å². The molecule has 0 saturated carbocycles. The van der Waals surface area contributed by atoms with Crippen LogP contribution in [0.5, 0.6) is 0 Å². The van der Waals surface area contributed by atoms with E-state index in [4.69, 9.17) is 0 Å². The number of allylic oxidation sites excluding steroid dienone is 2. The summed E-state index contributed by atoms with van der Waals surface area (Å²) < 4.78 is 1.16. The standard InChI is InChI=1S/C16H23BrO/c1-12(2)15(18)9-10-16(3,4)11-13-7-5-6-8-14(13)17/h5-9,12,18H,10-11H2,1-4H3/b15-9-. The molecule has 1 aromatic rings. The predicted molar refractivity (Wildman–Crippen MR) is 81.8 cm³/mol. The third kappa shape index (κ3) is 4.85. The lowest BCUT2D eigenvalue weighted by Crippen LogP contribution is -2.14. The molecule has 0 heterocycles. The number of halogens is 1. The lowest BCUT2D eigenvalue weighted by molar-refractivity contribution is 0.327. The van der Waals surface area contributed by atoms with E-state index in [1.54, 1.807) is 0 Å². The molecule has 100 valence electrons. The van der Waals surface area contributed by atoms with Crippen molar-refractivity contribution in [3.05, 3.63) is 46.1 Å². The van der Waals surface area contributed by atoms with Gasteiger partial charge in [0, 0.05) is 10.4 Å². The molecule has 0 amide bonds. The highest BCUT2D eigenvalue weighted by molar-refractivity contribution is 9.10. The van der Waals surface area contributed by atoms with Crippen LogP contribution in [0.2, 0.25) is 0 Å². The molecule has 0 aliphatic heterocycles. The van der Waals surface area contributed by atoms with Crippen LogP contribution in [0.25, 0.3) is 0 Å². The van der Waals surface area contributed by atoms with Gasteiger partial charge in [-0.1, -0.05) is 61.8 Å². The van der Waals surface area contributed by atoms with Gasteiger partial charge in [0.25, 0.3) is 0 Å². The van der Waals surface area contributed by atoms with E-state index in [1.807, 2.05) is 26.0 Å². The molecule has 0 unspecified atom stereocenters. The SMILES string of the molecule is CC(C)/C(O)=C/CC(C)(C)Cc1ccccc1Br. The molecule has 0 bridgehead atoms. The fourth-order valence-electron chi connectivity index (χ4n) is 1.85. The van der Waals surface area contributed by atoms with Gasteiger partial charge in [-0.05, 0) is 36.0 Å². The van der Waals surface area contributed by atoms with E-state index >= 15 is 0 Å². The maximum Gasteiger partial charge on any atom is 0.0908 e. The number of rotatable bonds is 5. The normalized spacial score (nSPS) is 13.1. The van der Waals surface area contributed by atoms with Gasteiger partial charge in [0.05, 0.1) is 5.76 Å². The Labute approximate surface area is 119 Å². The molecular weight excluding hydrogens is 288 g/mol. The molecule has 0 aromatic heterocycles. The monoisotopic (exact) mass is 310 g/mol. The van der Waals surface area contributed by atoms with E-state index in [-0.39, 0.29) is 11.3 Å². The van der Waals surface area contributed by atoms with Crippen molar-refractivity contribution < 1.29 is 5.11 Å². The van der Waals surface area contributed by atoms with Crippen LogP contribution in [-0.2, 0) is 6.42 Å². The second-order valence-corrected chi connectivity index (χ2v) is 6.77. The Morgan fingerprint density at radius 3 is 2.50 bits per heavy atom. The molecule has 0 aliphatic rings. The zero-order valence-electron chi connectivity index (χ0n) is 11.7. The van der Waals surface area contributed by atoms with Gasteiger partial charge in [0.15, 0.2) is 0 Å². The van der Waals surface area contributed by atoms with Crippen molar-refractivity contribution in [2.45, 2.75) is 40.5 Å². The lowest BCUT2D eigenvalue weighted by Gasteiger charge is -2.24. The maximum atomic E-state index is 9.76. The Kier molecular flexibility index (Phi) is 5.46. The van der Waals surface area contributed by atoms with Gasteiger partial charge < -0.3 is 5.11 Å². The molecule has 0 radical (unpaired) electrons. The summed E-state index contributed by atoms with van der Waals surface area (Å²) >= 11 is 3.59. The minimum Gasteiger partial charge on any atom is -0.512 e. The van der Waals surface area contributed by atoms with Gasteiger partial charge in [-0.15, -0.1) is 0 Å². The fourth-order valence-corrected chi connectivity index (χ4v) is 2.27. The van der Waals surface area contributed by atoms with Gasteiger partial charge in [-0.25, -0.2) is 0 Å². The number of aliphatic hydroxyl groups excluding tert-OH is 1. The number of aliphatic hydroxyl groups is 1. The Balaban J connectivity index is 2.71. The Morgan fingerprint density at radius 1 is 1.33 bits per heavy atom. The van der Waals surface area contributed by atoms with Crippen molar-refractivity contribution in [1.29, 1.82) is 0 Å². The van der Waals surface area contributed by atoms with Crippen LogP contribution in [0.1, 0.15) is 39.7 Å². The fraction of sp³-hybridized carbons (Fsp3) is 0.500. The smallest absolute Gasteiger partial charge is 0.0908 e. The number of benzene rings is 1. The van der Waals surface area contributed by atoms with Crippen molar-refractivity contribution >= 4 is 15.9 Å². The highest BCUT2D eigenvalue weighted by atomic mass is 79.9.